The number of para-hydroxylation sites is 1. The van der Waals surface area contributed by atoms with Crippen molar-refractivity contribution in [1.82, 2.24) is 4.48 Å². The standard InChI is InChI=1S/C21H20N.HI/c1-22(2)20-15-9-8-13-18(20)17-12-6-7-14-19(17)21(22)16-10-4-3-5-11-16;/h3-15,21H,1-2H3;1H/q+1;/p-1. The summed E-state index contributed by atoms with van der Waals surface area (Å²) in [6.07, 6.45) is 0. The van der Waals surface area contributed by atoms with Crippen molar-refractivity contribution in [2.45, 2.75) is 6.04 Å². The second-order valence-corrected chi connectivity index (χ2v) is 6.46. The van der Waals surface area contributed by atoms with E-state index in [1.165, 1.54) is 27.9 Å². The van der Waals surface area contributed by atoms with Crippen LogP contribution in [0.25, 0.3) is 11.1 Å². The SMILES string of the molecule is C[N+]1(C)c2ccccc2-c2ccccc2C1c1ccccc1.[I-]. The maximum absolute atomic E-state index is 2.31. The van der Waals surface area contributed by atoms with Gasteiger partial charge in [-0.3, -0.25) is 4.48 Å². The first-order chi connectivity index (χ1) is 10.7. The van der Waals surface area contributed by atoms with Gasteiger partial charge in [0.2, 0.25) is 0 Å². The number of quaternary nitrogens is 1. The molecule has 2 heteroatoms. The zero-order valence-electron chi connectivity index (χ0n) is 13.4. The molecule has 0 spiro atoms. The Kier molecular flexibility index (Phi) is 4.30. The first-order valence-corrected chi connectivity index (χ1v) is 7.77. The molecule has 3 aromatic carbocycles. The van der Waals surface area contributed by atoms with Crippen LogP contribution in [0.4, 0.5) is 5.69 Å². The summed E-state index contributed by atoms with van der Waals surface area (Å²) < 4.78 is 0.844. The molecule has 0 radical (unpaired) electrons. The number of rotatable bonds is 1. The van der Waals surface area contributed by atoms with Crippen LogP contribution in [-0.2, 0) is 0 Å². The molecule has 116 valence electrons. The molecule has 23 heavy (non-hydrogen) atoms. The van der Waals surface area contributed by atoms with Crippen molar-refractivity contribution in [3.8, 4) is 11.1 Å². The molecule has 0 N–H and O–H groups in total. The number of fused-ring (bicyclic) bond motifs is 3. The normalized spacial score (nSPS) is 17.6. The van der Waals surface area contributed by atoms with E-state index in [0.29, 0.717) is 6.04 Å². The minimum Gasteiger partial charge on any atom is -1.00 e. The van der Waals surface area contributed by atoms with Crippen LogP contribution in [0.3, 0.4) is 0 Å². The molecule has 1 heterocycles. The highest BCUT2D eigenvalue weighted by Gasteiger charge is 2.40. The molecule has 1 aliphatic heterocycles. The second-order valence-electron chi connectivity index (χ2n) is 6.46. The predicted octanol–water partition coefficient (Wildman–Crippen LogP) is 2.03. The van der Waals surface area contributed by atoms with Crippen molar-refractivity contribution in [2.75, 3.05) is 14.1 Å². The van der Waals surface area contributed by atoms with Gasteiger partial charge in [-0.25, -0.2) is 0 Å². The van der Waals surface area contributed by atoms with Gasteiger partial charge >= 0.3 is 0 Å². The molecule has 1 atom stereocenters. The van der Waals surface area contributed by atoms with Crippen LogP contribution in [0.1, 0.15) is 17.2 Å². The monoisotopic (exact) mass is 413 g/mol. The lowest BCUT2D eigenvalue weighted by Gasteiger charge is -2.43. The van der Waals surface area contributed by atoms with Crippen LogP contribution in [0.15, 0.2) is 78.9 Å². The third-order valence-electron chi connectivity index (χ3n) is 4.83. The van der Waals surface area contributed by atoms with Gasteiger partial charge < -0.3 is 24.0 Å². The minimum atomic E-state index is 0. The van der Waals surface area contributed by atoms with Crippen molar-refractivity contribution in [3.63, 3.8) is 0 Å². The highest BCUT2D eigenvalue weighted by atomic mass is 127. The van der Waals surface area contributed by atoms with E-state index in [-0.39, 0.29) is 24.0 Å². The highest BCUT2D eigenvalue weighted by molar-refractivity contribution is 5.83. The van der Waals surface area contributed by atoms with Crippen molar-refractivity contribution in [2.24, 2.45) is 0 Å². The van der Waals surface area contributed by atoms with Crippen LogP contribution in [0.5, 0.6) is 0 Å². The Morgan fingerprint density at radius 1 is 0.652 bits per heavy atom. The summed E-state index contributed by atoms with van der Waals surface area (Å²) in [6.45, 7) is 0. The Morgan fingerprint density at radius 2 is 1.22 bits per heavy atom. The molecule has 0 fully saturated rings. The van der Waals surface area contributed by atoms with Crippen LogP contribution in [-0.4, -0.2) is 14.1 Å². The van der Waals surface area contributed by atoms with Gasteiger partial charge in [0.1, 0.15) is 11.7 Å². The van der Waals surface area contributed by atoms with E-state index >= 15 is 0 Å². The minimum absolute atomic E-state index is 0. The number of nitrogens with zero attached hydrogens (tertiary/aromatic N) is 1. The first-order valence-electron chi connectivity index (χ1n) is 7.77. The second kappa shape index (κ2) is 6.10. The van der Waals surface area contributed by atoms with Gasteiger partial charge in [0.15, 0.2) is 0 Å². The lowest BCUT2D eigenvalue weighted by Crippen LogP contribution is -3.00. The maximum atomic E-state index is 2.31. The molecule has 0 bridgehead atoms. The molecule has 4 rings (SSSR count). The Hall–Kier alpha value is -1.65. The van der Waals surface area contributed by atoms with Gasteiger partial charge in [-0.05, 0) is 17.7 Å². The van der Waals surface area contributed by atoms with Gasteiger partial charge in [-0.15, -0.1) is 0 Å². The highest BCUT2D eigenvalue weighted by Crippen LogP contribution is 2.49. The summed E-state index contributed by atoms with van der Waals surface area (Å²) >= 11 is 0. The fourth-order valence-electron chi connectivity index (χ4n) is 3.86. The fraction of sp³-hybridized carbons (Fsp3) is 0.143. The molecule has 0 aromatic heterocycles. The zero-order valence-corrected chi connectivity index (χ0v) is 15.6. The Labute approximate surface area is 155 Å². The van der Waals surface area contributed by atoms with Crippen molar-refractivity contribution in [3.05, 3.63) is 90.0 Å². The largest absolute Gasteiger partial charge is 1.00 e. The van der Waals surface area contributed by atoms with E-state index in [2.05, 4.69) is 93.0 Å². The van der Waals surface area contributed by atoms with Crippen LogP contribution in [0, 0.1) is 0 Å². The van der Waals surface area contributed by atoms with Crippen LogP contribution < -0.4 is 28.5 Å². The van der Waals surface area contributed by atoms with E-state index in [1.807, 2.05) is 0 Å². The average molecular weight is 413 g/mol. The first kappa shape index (κ1) is 16.2. The topological polar surface area (TPSA) is 0 Å². The van der Waals surface area contributed by atoms with Gasteiger partial charge in [0, 0.05) is 16.7 Å². The Balaban J connectivity index is 0.00000156. The third-order valence-corrected chi connectivity index (χ3v) is 4.83. The number of hydrogen-bond acceptors (Lipinski definition) is 0. The summed E-state index contributed by atoms with van der Waals surface area (Å²) in [5.41, 5.74) is 6.89. The predicted molar refractivity (Wildman–Crippen MR) is 93.8 cm³/mol. The summed E-state index contributed by atoms with van der Waals surface area (Å²) in [4.78, 5) is 0. The lowest BCUT2D eigenvalue weighted by molar-refractivity contribution is -0.00000446. The van der Waals surface area contributed by atoms with Crippen LogP contribution >= 0.6 is 0 Å². The quantitative estimate of drug-likeness (QED) is 0.423. The zero-order chi connectivity index (χ0) is 15.2. The molecule has 1 nitrogen and oxygen atoms in total. The van der Waals surface area contributed by atoms with E-state index in [1.54, 1.807) is 0 Å². The van der Waals surface area contributed by atoms with Gasteiger partial charge in [-0.2, -0.15) is 0 Å². The molecular weight excluding hydrogens is 393 g/mol. The smallest absolute Gasteiger partial charge is 0.145 e. The molecule has 1 unspecified atom stereocenters. The number of halogens is 1. The summed E-state index contributed by atoms with van der Waals surface area (Å²) in [5, 5.41) is 0. The molecule has 1 aliphatic rings. The molecule has 0 amide bonds. The molecular formula is C21H20IN. The lowest BCUT2D eigenvalue weighted by atomic mass is 9.83. The average Bonchev–Trinajstić information content (AvgIpc) is 2.56. The van der Waals surface area contributed by atoms with Gasteiger partial charge in [0.05, 0.1) is 14.1 Å². The Bertz CT molecular complexity index is 824. The summed E-state index contributed by atoms with van der Waals surface area (Å²) in [5.74, 6) is 0. The van der Waals surface area contributed by atoms with E-state index in [0.717, 1.165) is 4.48 Å². The maximum Gasteiger partial charge on any atom is 0.145 e. The van der Waals surface area contributed by atoms with E-state index in [4.69, 9.17) is 0 Å². The number of benzene rings is 3. The molecule has 0 saturated heterocycles. The number of hydrogen-bond donors (Lipinski definition) is 0. The third kappa shape index (κ3) is 2.50. The van der Waals surface area contributed by atoms with Crippen molar-refractivity contribution >= 4 is 5.69 Å². The van der Waals surface area contributed by atoms with Crippen molar-refractivity contribution in [1.29, 1.82) is 0 Å². The van der Waals surface area contributed by atoms with Gasteiger partial charge in [-0.1, -0.05) is 66.7 Å². The summed E-state index contributed by atoms with van der Waals surface area (Å²) in [7, 11) is 4.62. The van der Waals surface area contributed by atoms with Crippen LogP contribution in [0.2, 0.25) is 0 Å². The summed E-state index contributed by atoms with van der Waals surface area (Å²) in [6, 6.07) is 28.8. The van der Waals surface area contributed by atoms with Crippen molar-refractivity contribution < 1.29 is 24.0 Å². The molecule has 3 aromatic rings. The van der Waals surface area contributed by atoms with E-state index < -0.39 is 0 Å². The fourth-order valence-corrected chi connectivity index (χ4v) is 3.86. The molecule has 0 aliphatic carbocycles. The molecule has 0 saturated carbocycles. The van der Waals surface area contributed by atoms with Gasteiger partial charge in [0.25, 0.3) is 0 Å². The van der Waals surface area contributed by atoms with E-state index in [9.17, 15) is 0 Å². The Morgan fingerprint density at radius 3 is 1.96 bits per heavy atom.